The molecule has 24 heavy (non-hydrogen) atoms. The van der Waals surface area contributed by atoms with Gasteiger partial charge in [-0.05, 0) is 30.3 Å². The zero-order chi connectivity index (χ0) is 17.4. The lowest BCUT2D eigenvalue weighted by Gasteiger charge is -2.07. The highest BCUT2D eigenvalue weighted by atomic mass is 35.5. The molecule has 0 fully saturated rings. The number of H-pyrrole nitrogens is 1. The number of methoxy groups -OCH3 is 1. The van der Waals surface area contributed by atoms with Crippen molar-refractivity contribution in [1.29, 1.82) is 0 Å². The van der Waals surface area contributed by atoms with Gasteiger partial charge in [-0.3, -0.25) is 0 Å². The van der Waals surface area contributed by atoms with Crippen molar-refractivity contribution in [2.45, 2.75) is 9.79 Å². The van der Waals surface area contributed by atoms with Crippen LogP contribution in [0.5, 0.6) is 0 Å². The second-order valence-corrected chi connectivity index (χ2v) is 7.12. The molecule has 0 amide bonds. The van der Waals surface area contributed by atoms with Gasteiger partial charge in [-0.15, -0.1) is 0 Å². The Hall–Kier alpha value is -1.40. The summed E-state index contributed by atoms with van der Waals surface area (Å²) in [7, 11) is 1.25. The Balaban J connectivity index is 2.06. The van der Waals surface area contributed by atoms with Crippen LogP contribution in [0.2, 0.25) is 15.1 Å². The highest BCUT2D eigenvalue weighted by Gasteiger charge is 2.18. The third kappa shape index (κ3) is 3.22. The standard InChI is InChI=1S/C16H9Cl3FNO2S/c1-23-16(22)12-5-8-11(20)6-13(14(19)15(8)21-12)24-7-2-3-9(17)10(18)4-7/h2-6,21H,1H3. The number of carbonyl (C=O) groups excluding carboxylic acids is 1. The summed E-state index contributed by atoms with van der Waals surface area (Å²) in [6, 6.07) is 7.76. The van der Waals surface area contributed by atoms with E-state index in [0.29, 0.717) is 25.5 Å². The smallest absolute Gasteiger partial charge is 0.354 e. The van der Waals surface area contributed by atoms with Crippen LogP contribution in [0.15, 0.2) is 40.1 Å². The van der Waals surface area contributed by atoms with E-state index in [1.807, 2.05) is 0 Å². The predicted octanol–water partition coefficient (Wildman–Crippen LogP) is 6.21. The first-order valence-corrected chi connectivity index (χ1v) is 8.57. The second-order valence-electron chi connectivity index (χ2n) is 4.81. The molecule has 1 N–H and O–H groups in total. The number of nitrogens with one attached hydrogen (secondary N) is 1. The van der Waals surface area contributed by atoms with E-state index in [1.165, 1.54) is 31.0 Å². The first-order valence-electron chi connectivity index (χ1n) is 6.62. The second kappa shape index (κ2) is 6.84. The molecule has 0 atom stereocenters. The molecular formula is C16H9Cl3FNO2S. The summed E-state index contributed by atoms with van der Waals surface area (Å²) in [6.45, 7) is 0. The maximum Gasteiger partial charge on any atom is 0.354 e. The topological polar surface area (TPSA) is 42.1 Å². The molecule has 0 unspecified atom stereocenters. The molecule has 0 radical (unpaired) electrons. The Morgan fingerprint density at radius 2 is 1.92 bits per heavy atom. The number of ether oxygens (including phenoxy) is 1. The molecule has 0 aliphatic heterocycles. The van der Waals surface area contributed by atoms with Gasteiger partial charge >= 0.3 is 5.97 Å². The van der Waals surface area contributed by atoms with Gasteiger partial charge in [-0.2, -0.15) is 0 Å². The molecule has 0 aliphatic carbocycles. The van der Waals surface area contributed by atoms with Gasteiger partial charge in [0.2, 0.25) is 0 Å². The molecule has 1 heterocycles. The molecule has 0 bridgehead atoms. The quantitative estimate of drug-likeness (QED) is 0.528. The van der Waals surface area contributed by atoms with Crippen molar-refractivity contribution in [3.05, 3.63) is 56.9 Å². The molecule has 3 nitrogen and oxygen atoms in total. The molecule has 0 aliphatic rings. The fourth-order valence-electron chi connectivity index (χ4n) is 2.16. The zero-order valence-corrected chi connectivity index (χ0v) is 15.2. The Morgan fingerprint density at radius 1 is 1.17 bits per heavy atom. The average molecular weight is 405 g/mol. The van der Waals surface area contributed by atoms with E-state index in [-0.39, 0.29) is 11.1 Å². The van der Waals surface area contributed by atoms with Crippen molar-refractivity contribution < 1.29 is 13.9 Å². The third-order valence-electron chi connectivity index (χ3n) is 3.29. The van der Waals surface area contributed by atoms with Crippen molar-refractivity contribution in [2.75, 3.05) is 7.11 Å². The molecular weight excluding hydrogens is 396 g/mol. The van der Waals surface area contributed by atoms with E-state index in [9.17, 15) is 9.18 Å². The summed E-state index contributed by atoms with van der Waals surface area (Å²) >= 11 is 19.5. The van der Waals surface area contributed by atoms with E-state index in [4.69, 9.17) is 34.8 Å². The number of esters is 1. The lowest BCUT2D eigenvalue weighted by Crippen LogP contribution is -2.00. The summed E-state index contributed by atoms with van der Waals surface area (Å²) < 4.78 is 19.0. The third-order valence-corrected chi connectivity index (χ3v) is 5.57. The van der Waals surface area contributed by atoms with E-state index in [2.05, 4.69) is 9.72 Å². The van der Waals surface area contributed by atoms with Gasteiger partial charge < -0.3 is 9.72 Å². The molecule has 3 rings (SSSR count). The summed E-state index contributed by atoms with van der Waals surface area (Å²) in [4.78, 5) is 15.6. The van der Waals surface area contributed by atoms with Crippen LogP contribution in [0.25, 0.3) is 10.9 Å². The van der Waals surface area contributed by atoms with Crippen LogP contribution in [0.1, 0.15) is 10.5 Å². The highest BCUT2D eigenvalue weighted by molar-refractivity contribution is 7.99. The number of hydrogen-bond donors (Lipinski definition) is 1. The number of halogens is 4. The van der Waals surface area contributed by atoms with Gasteiger partial charge in [0.15, 0.2) is 0 Å². The first-order chi connectivity index (χ1) is 11.4. The molecule has 2 aromatic carbocycles. The van der Waals surface area contributed by atoms with Crippen LogP contribution in [-0.2, 0) is 4.74 Å². The van der Waals surface area contributed by atoms with Gasteiger partial charge in [-0.25, -0.2) is 9.18 Å². The van der Waals surface area contributed by atoms with Crippen LogP contribution in [0, 0.1) is 5.82 Å². The average Bonchev–Trinajstić information content (AvgIpc) is 3.01. The van der Waals surface area contributed by atoms with E-state index >= 15 is 0 Å². The fourth-order valence-corrected chi connectivity index (χ4v) is 3.76. The van der Waals surface area contributed by atoms with Gasteiger partial charge in [0.25, 0.3) is 0 Å². The van der Waals surface area contributed by atoms with Crippen molar-refractivity contribution in [3.63, 3.8) is 0 Å². The minimum atomic E-state index is -0.597. The lowest BCUT2D eigenvalue weighted by atomic mass is 10.2. The minimum absolute atomic E-state index is 0.130. The number of carbonyl (C=O) groups is 1. The molecule has 3 aromatic rings. The summed E-state index contributed by atoms with van der Waals surface area (Å²) in [5.41, 5.74) is 0.463. The lowest BCUT2D eigenvalue weighted by molar-refractivity contribution is 0.0595. The van der Waals surface area contributed by atoms with Crippen LogP contribution >= 0.6 is 46.6 Å². The largest absolute Gasteiger partial charge is 0.464 e. The molecule has 0 saturated heterocycles. The number of aromatic amines is 1. The van der Waals surface area contributed by atoms with Crippen LogP contribution in [0.4, 0.5) is 4.39 Å². The van der Waals surface area contributed by atoms with Crippen LogP contribution < -0.4 is 0 Å². The van der Waals surface area contributed by atoms with Crippen molar-refractivity contribution in [1.82, 2.24) is 4.98 Å². The van der Waals surface area contributed by atoms with Crippen molar-refractivity contribution >= 4 is 63.4 Å². The Labute approximate surface area is 156 Å². The summed E-state index contributed by atoms with van der Waals surface area (Å²) in [5.74, 6) is -1.09. The molecule has 0 saturated carbocycles. The van der Waals surface area contributed by atoms with Gasteiger partial charge in [-0.1, -0.05) is 46.6 Å². The number of aromatic nitrogens is 1. The van der Waals surface area contributed by atoms with E-state index in [0.717, 1.165) is 4.90 Å². The van der Waals surface area contributed by atoms with Gasteiger partial charge in [0.1, 0.15) is 11.5 Å². The Morgan fingerprint density at radius 3 is 2.58 bits per heavy atom. The predicted molar refractivity (Wildman–Crippen MR) is 95.2 cm³/mol. The van der Waals surface area contributed by atoms with Gasteiger partial charge in [0.05, 0.1) is 27.7 Å². The molecule has 124 valence electrons. The number of benzene rings is 2. The monoisotopic (exact) mass is 403 g/mol. The zero-order valence-electron chi connectivity index (χ0n) is 12.1. The molecule has 1 aromatic heterocycles. The number of hydrogen-bond acceptors (Lipinski definition) is 3. The van der Waals surface area contributed by atoms with Crippen LogP contribution in [0.3, 0.4) is 0 Å². The van der Waals surface area contributed by atoms with Gasteiger partial charge in [0, 0.05) is 15.2 Å². The SMILES string of the molecule is COC(=O)c1cc2c(F)cc(Sc3ccc(Cl)c(Cl)c3)c(Cl)c2[nH]1. The van der Waals surface area contributed by atoms with Crippen molar-refractivity contribution in [2.24, 2.45) is 0 Å². The van der Waals surface area contributed by atoms with E-state index in [1.54, 1.807) is 18.2 Å². The van der Waals surface area contributed by atoms with E-state index < -0.39 is 11.8 Å². The summed E-state index contributed by atoms with van der Waals surface area (Å²) in [6.07, 6.45) is 0. The van der Waals surface area contributed by atoms with Crippen molar-refractivity contribution in [3.8, 4) is 0 Å². The molecule has 0 spiro atoms. The normalized spacial score (nSPS) is 11.0. The van der Waals surface area contributed by atoms with Crippen LogP contribution in [-0.4, -0.2) is 18.1 Å². The summed E-state index contributed by atoms with van der Waals surface area (Å²) in [5, 5.41) is 1.35. The number of fused-ring (bicyclic) bond motifs is 1. The maximum atomic E-state index is 14.4. The molecule has 8 heteroatoms. The highest BCUT2D eigenvalue weighted by Crippen LogP contribution is 2.40. The Kier molecular flexibility index (Phi) is 4.97. The fraction of sp³-hybridized carbons (Fsp3) is 0.0625. The number of rotatable bonds is 3. The first kappa shape index (κ1) is 17.4. The maximum absolute atomic E-state index is 14.4. The minimum Gasteiger partial charge on any atom is -0.464 e. The Bertz CT molecular complexity index is 958.